The van der Waals surface area contributed by atoms with Crippen LogP contribution in [0.2, 0.25) is 0 Å². The van der Waals surface area contributed by atoms with Crippen LogP contribution >= 0.6 is 0 Å². The van der Waals surface area contributed by atoms with Crippen LogP contribution < -0.4 is 9.47 Å². The summed E-state index contributed by atoms with van der Waals surface area (Å²) in [5, 5.41) is 14.6. The Hall–Kier alpha value is -2.29. The predicted molar refractivity (Wildman–Crippen MR) is 90.3 cm³/mol. The summed E-state index contributed by atoms with van der Waals surface area (Å²) in [7, 11) is 1.41. The van der Waals surface area contributed by atoms with Crippen LogP contribution in [0.3, 0.4) is 0 Å². The molecule has 0 unspecified atom stereocenters. The van der Waals surface area contributed by atoms with Crippen LogP contribution in [-0.2, 0) is 4.79 Å². The van der Waals surface area contributed by atoms with Gasteiger partial charge in [-0.2, -0.15) is 23.3 Å². The number of aliphatic hydroxyl groups is 1. The first-order chi connectivity index (χ1) is 12.7. The van der Waals surface area contributed by atoms with Gasteiger partial charge in [-0.15, -0.1) is 0 Å². The summed E-state index contributed by atoms with van der Waals surface area (Å²) in [6.45, 7) is 1.31. The lowest BCUT2D eigenvalue weighted by molar-refractivity contribution is -0.318. The van der Waals surface area contributed by atoms with Crippen molar-refractivity contribution in [3.05, 3.63) is 24.3 Å². The van der Waals surface area contributed by atoms with Crippen LogP contribution in [0.25, 0.3) is 0 Å². The van der Waals surface area contributed by atoms with Crippen LogP contribution in [-0.4, -0.2) is 46.8 Å². The van der Waals surface area contributed by atoms with Gasteiger partial charge in [0.1, 0.15) is 0 Å². The van der Waals surface area contributed by atoms with Crippen LogP contribution in [0.1, 0.15) is 32.6 Å². The fourth-order valence-corrected chi connectivity index (χ4v) is 3.57. The number of hydrogen-bond donors (Lipinski definition) is 1. The molecule has 0 aromatic heterocycles. The summed E-state index contributed by atoms with van der Waals surface area (Å²) in [4.78, 5) is 12.7. The van der Waals surface area contributed by atoms with Gasteiger partial charge in [0, 0.05) is 5.71 Å². The second-order valence-corrected chi connectivity index (χ2v) is 6.67. The van der Waals surface area contributed by atoms with Gasteiger partial charge in [-0.05, 0) is 38.3 Å². The first kappa shape index (κ1) is 19.5. The standard InChI is InChI=1S/C18H21F3N2O4/c1-11(27-15-10-6-5-9-14(15)26-2)16(24)23-17(25,18(19,20)21)12-7-3-4-8-13(12)22-23/h5-6,9-12,25H,3-4,7-8H2,1-2H3/t11-,12+,17-/m1/s1. The van der Waals surface area contributed by atoms with Crippen molar-refractivity contribution >= 4 is 11.6 Å². The second-order valence-electron chi connectivity index (χ2n) is 6.67. The van der Waals surface area contributed by atoms with Gasteiger partial charge in [0.2, 0.25) is 0 Å². The van der Waals surface area contributed by atoms with Gasteiger partial charge >= 0.3 is 6.18 Å². The van der Waals surface area contributed by atoms with E-state index < -0.39 is 29.8 Å². The summed E-state index contributed by atoms with van der Waals surface area (Å²) in [6, 6.07) is 6.47. The molecule has 2 aliphatic rings. The van der Waals surface area contributed by atoms with E-state index in [0.717, 1.165) is 0 Å². The van der Waals surface area contributed by atoms with Gasteiger partial charge in [-0.3, -0.25) is 4.79 Å². The average Bonchev–Trinajstić information content (AvgIpc) is 2.95. The minimum absolute atomic E-state index is 0.125. The van der Waals surface area contributed by atoms with Crippen molar-refractivity contribution < 1.29 is 32.5 Å². The number of alkyl halides is 3. The highest BCUT2D eigenvalue weighted by Crippen LogP contribution is 2.48. The molecule has 148 valence electrons. The lowest BCUT2D eigenvalue weighted by Gasteiger charge is -2.38. The van der Waals surface area contributed by atoms with E-state index in [-0.39, 0.29) is 22.9 Å². The van der Waals surface area contributed by atoms with Crippen molar-refractivity contribution in [1.82, 2.24) is 5.01 Å². The topological polar surface area (TPSA) is 71.4 Å². The van der Waals surface area contributed by atoms with E-state index in [1.807, 2.05) is 0 Å². The smallest absolute Gasteiger partial charge is 0.439 e. The van der Waals surface area contributed by atoms with Crippen LogP contribution in [0.15, 0.2) is 29.4 Å². The molecule has 1 aromatic carbocycles. The molecule has 9 heteroatoms. The number of para-hydroxylation sites is 2. The Bertz CT molecular complexity index is 752. The van der Waals surface area contributed by atoms with E-state index in [0.29, 0.717) is 25.0 Å². The fourth-order valence-electron chi connectivity index (χ4n) is 3.57. The molecule has 0 radical (unpaired) electrons. The van der Waals surface area contributed by atoms with Crippen molar-refractivity contribution in [3.8, 4) is 11.5 Å². The molecule has 0 bridgehead atoms. The minimum atomic E-state index is -5.04. The van der Waals surface area contributed by atoms with Gasteiger partial charge in [-0.1, -0.05) is 18.6 Å². The molecule has 1 heterocycles. The normalized spacial score (nSPS) is 26.2. The van der Waals surface area contributed by atoms with Crippen molar-refractivity contribution in [3.63, 3.8) is 0 Å². The number of nitrogens with zero attached hydrogens (tertiary/aromatic N) is 2. The Labute approximate surface area is 154 Å². The third-order valence-corrected chi connectivity index (χ3v) is 4.96. The zero-order chi connectivity index (χ0) is 19.8. The monoisotopic (exact) mass is 386 g/mol. The largest absolute Gasteiger partial charge is 0.493 e. The highest BCUT2D eigenvalue weighted by molar-refractivity contribution is 5.94. The maximum Gasteiger partial charge on any atom is 0.439 e. The summed E-state index contributed by atoms with van der Waals surface area (Å²) in [5.74, 6) is -1.76. The number of carbonyl (C=O) groups excluding carboxylic acids is 1. The maximum absolute atomic E-state index is 13.8. The van der Waals surface area contributed by atoms with Crippen molar-refractivity contribution in [2.75, 3.05) is 7.11 Å². The van der Waals surface area contributed by atoms with E-state index in [4.69, 9.17) is 9.47 Å². The number of benzene rings is 1. The van der Waals surface area contributed by atoms with Gasteiger partial charge < -0.3 is 14.6 Å². The number of halogens is 3. The molecular weight excluding hydrogens is 365 g/mol. The highest BCUT2D eigenvalue weighted by atomic mass is 19.4. The molecule has 1 N–H and O–H groups in total. The number of methoxy groups -OCH3 is 1. The Morgan fingerprint density at radius 3 is 2.63 bits per heavy atom. The van der Waals surface area contributed by atoms with Gasteiger partial charge in [0.05, 0.1) is 13.0 Å². The van der Waals surface area contributed by atoms with E-state index >= 15 is 0 Å². The molecule has 3 rings (SSSR count). The molecule has 1 aliphatic heterocycles. The fraction of sp³-hybridized carbons (Fsp3) is 0.556. The second kappa shape index (κ2) is 7.03. The Kier molecular flexibility index (Phi) is 5.07. The Morgan fingerprint density at radius 2 is 2.00 bits per heavy atom. The number of hydrogen-bond acceptors (Lipinski definition) is 5. The van der Waals surface area contributed by atoms with Crippen molar-refractivity contribution in [1.29, 1.82) is 0 Å². The summed E-state index contributed by atoms with van der Waals surface area (Å²) in [6.07, 6.45) is -4.68. The number of fused-ring (bicyclic) bond motifs is 1. The summed E-state index contributed by atoms with van der Waals surface area (Å²) >= 11 is 0. The van der Waals surface area contributed by atoms with Crippen LogP contribution in [0.5, 0.6) is 11.5 Å². The van der Waals surface area contributed by atoms with Gasteiger partial charge in [0.25, 0.3) is 11.6 Å². The van der Waals surface area contributed by atoms with E-state index in [2.05, 4.69) is 5.10 Å². The number of carbonyl (C=O) groups is 1. The molecule has 1 aromatic rings. The molecule has 1 saturated carbocycles. The number of rotatable bonds is 4. The molecular formula is C18H21F3N2O4. The van der Waals surface area contributed by atoms with E-state index in [1.54, 1.807) is 18.2 Å². The van der Waals surface area contributed by atoms with Crippen molar-refractivity contribution in [2.24, 2.45) is 11.0 Å². The van der Waals surface area contributed by atoms with Gasteiger partial charge in [-0.25, -0.2) is 0 Å². The molecule has 3 atom stereocenters. The van der Waals surface area contributed by atoms with Crippen LogP contribution in [0, 0.1) is 5.92 Å². The minimum Gasteiger partial charge on any atom is -0.493 e. The molecule has 0 spiro atoms. The quantitative estimate of drug-likeness (QED) is 0.863. The van der Waals surface area contributed by atoms with E-state index in [1.165, 1.54) is 20.1 Å². The number of amides is 1. The average molecular weight is 386 g/mol. The third-order valence-electron chi connectivity index (χ3n) is 4.96. The number of ether oxygens (including phenoxy) is 2. The molecule has 27 heavy (non-hydrogen) atoms. The molecule has 1 amide bonds. The Morgan fingerprint density at radius 1 is 1.33 bits per heavy atom. The zero-order valence-electron chi connectivity index (χ0n) is 15.0. The summed E-state index contributed by atoms with van der Waals surface area (Å²) in [5.41, 5.74) is -3.14. The van der Waals surface area contributed by atoms with Gasteiger partial charge in [0.15, 0.2) is 17.6 Å². The first-order valence-corrected chi connectivity index (χ1v) is 8.70. The molecule has 0 saturated heterocycles. The lowest BCUT2D eigenvalue weighted by Crippen LogP contribution is -2.62. The third kappa shape index (κ3) is 3.24. The Balaban J connectivity index is 1.88. The molecule has 1 aliphatic carbocycles. The predicted octanol–water partition coefficient (Wildman–Crippen LogP) is 3.10. The van der Waals surface area contributed by atoms with Crippen molar-refractivity contribution in [2.45, 2.75) is 50.6 Å². The van der Waals surface area contributed by atoms with E-state index in [9.17, 15) is 23.1 Å². The molecule has 6 nitrogen and oxygen atoms in total. The zero-order valence-corrected chi connectivity index (χ0v) is 15.0. The van der Waals surface area contributed by atoms with Crippen LogP contribution in [0.4, 0.5) is 13.2 Å². The SMILES string of the molecule is COc1ccccc1O[C@H](C)C(=O)N1N=C2CCCC[C@@H]2[C@@]1(O)C(F)(F)F. The molecule has 1 fully saturated rings. The highest BCUT2D eigenvalue weighted by Gasteiger charge is 2.68. The first-order valence-electron chi connectivity index (χ1n) is 8.70. The lowest BCUT2D eigenvalue weighted by atomic mass is 9.80. The maximum atomic E-state index is 13.8. The summed E-state index contributed by atoms with van der Waals surface area (Å²) < 4.78 is 51.9. The number of hydrazone groups is 1.